The Morgan fingerprint density at radius 2 is 1.86 bits per heavy atom. The normalized spacial score (nSPS) is 20.9. The minimum absolute atomic E-state index is 0.249. The van der Waals surface area contributed by atoms with Crippen LogP contribution in [0.5, 0.6) is 0 Å². The maximum atomic E-state index is 13.4. The van der Waals surface area contributed by atoms with Gasteiger partial charge in [0.2, 0.25) is 0 Å². The van der Waals surface area contributed by atoms with Gasteiger partial charge in [0.15, 0.2) is 0 Å². The van der Waals surface area contributed by atoms with Crippen LogP contribution < -0.4 is 16.2 Å². The maximum Gasteiger partial charge on any atom is 0.276 e. The van der Waals surface area contributed by atoms with Crippen LogP contribution in [0.25, 0.3) is 0 Å². The molecule has 0 unspecified atom stereocenters. The minimum atomic E-state index is -0.668. The molecule has 2 fully saturated rings. The highest BCUT2D eigenvalue weighted by molar-refractivity contribution is 6.34. The Labute approximate surface area is 167 Å². The number of halogens is 1. The Balaban J connectivity index is 1.57. The number of rotatable bonds is 3. The van der Waals surface area contributed by atoms with Crippen LogP contribution in [-0.4, -0.2) is 20.4 Å². The number of hydrogen-bond acceptors (Lipinski definition) is 5. The van der Waals surface area contributed by atoms with Crippen LogP contribution in [0, 0.1) is 5.41 Å². The van der Waals surface area contributed by atoms with Gasteiger partial charge in [-0.1, -0.05) is 18.5 Å². The van der Waals surface area contributed by atoms with Gasteiger partial charge < -0.3 is 10.6 Å². The van der Waals surface area contributed by atoms with E-state index in [-0.39, 0.29) is 22.2 Å². The van der Waals surface area contributed by atoms with Crippen molar-refractivity contribution in [1.29, 1.82) is 0 Å². The number of fused-ring (bicyclic) bond motifs is 2. The van der Waals surface area contributed by atoms with Crippen LogP contribution >= 0.6 is 11.6 Å². The molecule has 0 saturated heterocycles. The van der Waals surface area contributed by atoms with Crippen molar-refractivity contribution in [2.24, 2.45) is 5.41 Å². The maximum absolute atomic E-state index is 13.4. The number of carbonyl (C=O) groups excluding carboxylic acids is 1. The lowest BCUT2D eigenvalue weighted by atomic mass is 9.79. The predicted molar refractivity (Wildman–Crippen MR) is 106 cm³/mol. The average Bonchev–Trinajstić information content (AvgIpc) is 3.39. The summed E-state index contributed by atoms with van der Waals surface area (Å²) in [7, 11) is 0. The highest BCUT2D eigenvalue weighted by Gasteiger charge is 2.54. The summed E-state index contributed by atoms with van der Waals surface area (Å²) >= 11 is 6.44. The highest BCUT2D eigenvalue weighted by Crippen LogP contribution is 2.59. The van der Waals surface area contributed by atoms with Crippen molar-refractivity contribution in [2.45, 2.75) is 57.5 Å². The lowest BCUT2D eigenvalue weighted by molar-refractivity contribution is 0.0822. The summed E-state index contributed by atoms with van der Waals surface area (Å²) in [6, 6.07) is 3.33. The summed E-state index contributed by atoms with van der Waals surface area (Å²) in [6.45, 7) is 2.00. The first kappa shape index (κ1) is 17.7. The predicted octanol–water partition coefficient (Wildman–Crippen LogP) is 3.35. The van der Waals surface area contributed by atoms with E-state index in [2.05, 4.69) is 20.6 Å². The molecule has 146 valence electrons. The summed E-state index contributed by atoms with van der Waals surface area (Å²) in [5.41, 5.74) is 0.984. The molecule has 8 heteroatoms. The van der Waals surface area contributed by atoms with E-state index in [0.29, 0.717) is 16.9 Å². The van der Waals surface area contributed by atoms with Gasteiger partial charge in [-0.15, -0.1) is 0 Å². The average molecular weight is 400 g/mol. The van der Waals surface area contributed by atoms with Gasteiger partial charge >= 0.3 is 0 Å². The van der Waals surface area contributed by atoms with Crippen molar-refractivity contribution in [3.63, 3.8) is 0 Å². The van der Waals surface area contributed by atoms with Crippen molar-refractivity contribution in [1.82, 2.24) is 19.9 Å². The van der Waals surface area contributed by atoms with E-state index in [4.69, 9.17) is 11.6 Å². The van der Waals surface area contributed by atoms with Crippen molar-refractivity contribution in [3.8, 4) is 0 Å². The first-order valence-corrected chi connectivity index (χ1v) is 10.2. The van der Waals surface area contributed by atoms with E-state index >= 15 is 0 Å². The molecule has 3 heterocycles. The summed E-state index contributed by atoms with van der Waals surface area (Å²) in [6.07, 6.45) is 8.34. The Kier molecular flexibility index (Phi) is 3.81. The smallest absolute Gasteiger partial charge is 0.276 e. The molecule has 2 aromatic heterocycles. The molecule has 0 radical (unpaired) electrons. The molecule has 2 saturated carbocycles. The molecular formula is C20H22ClN5O2. The first-order chi connectivity index (χ1) is 13.5. The van der Waals surface area contributed by atoms with Crippen LogP contribution in [0.4, 0.5) is 11.5 Å². The quantitative estimate of drug-likeness (QED) is 0.826. The molecule has 28 heavy (non-hydrogen) atoms. The Morgan fingerprint density at radius 3 is 2.54 bits per heavy atom. The Morgan fingerprint density at radius 1 is 1.14 bits per heavy atom. The number of hydrogen-bond donors (Lipinski definition) is 2. The minimum Gasteiger partial charge on any atom is -0.336 e. The van der Waals surface area contributed by atoms with E-state index in [1.165, 1.54) is 25.2 Å². The first-order valence-electron chi connectivity index (χ1n) is 9.82. The fourth-order valence-electron chi connectivity index (χ4n) is 4.64. The molecular weight excluding hydrogens is 378 g/mol. The second kappa shape index (κ2) is 6.04. The summed E-state index contributed by atoms with van der Waals surface area (Å²) in [5, 5.41) is 6.42. The molecule has 2 spiro atoms. The standard InChI is InChI=1S/C20H22ClN5O2/c1-2-12-9-15(23-11-22-12)24-14-10-13(21)16-17(27)25-20(26(16)18(14)28)7-5-19(3-4-19)6-8-20/h9-11H,2-8H2,1H3,(H,25,27)(H,22,23,24). The molecule has 2 aliphatic carbocycles. The van der Waals surface area contributed by atoms with Gasteiger partial charge in [-0.05, 0) is 56.4 Å². The molecule has 0 bridgehead atoms. The second-order valence-electron chi connectivity index (χ2n) is 8.25. The van der Waals surface area contributed by atoms with Crippen LogP contribution in [0.2, 0.25) is 5.02 Å². The molecule has 5 rings (SSSR count). The highest BCUT2D eigenvalue weighted by atomic mass is 35.5. The summed E-state index contributed by atoms with van der Waals surface area (Å²) < 4.78 is 1.59. The molecule has 0 aromatic carbocycles. The number of pyridine rings is 1. The van der Waals surface area contributed by atoms with Gasteiger partial charge in [0, 0.05) is 11.8 Å². The molecule has 2 aromatic rings. The van der Waals surface area contributed by atoms with Crippen molar-refractivity contribution >= 4 is 29.0 Å². The fourth-order valence-corrected chi connectivity index (χ4v) is 4.92. The molecule has 7 nitrogen and oxygen atoms in total. The molecule has 3 aliphatic rings. The number of anilines is 2. The zero-order valence-corrected chi connectivity index (χ0v) is 16.5. The Bertz CT molecular complexity index is 1030. The molecule has 1 aliphatic heterocycles. The monoisotopic (exact) mass is 399 g/mol. The number of nitrogens with one attached hydrogen (secondary N) is 2. The second-order valence-corrected chi connectivity index (χ2v) is 8.66. The van der Waals surface area contributed by atoms with Crippen molar-refractivity contribution in [3.05, 3.63) is 45.2 Å². The number of aromatic nitrogens is 3. The lowest BCUT2D eigenvalue weighted by Crippen LogP contribution is -2.50. The zero-order valence-electron chi connectivity index (χ0n) is 15.7. The van der Waals surface area contributed by atoms with Crippen molar-refractivity contribution < 1.29 is 4.79 Å². The van der Waals surface area contributed by atoms with Gasteiger partial charge in [-0.25, -0.2) is 9.97 Å². The van der Waals surface area contributed by atoms with Gasteiger partial charge in [0.25, 0.3) is 11.5 Å². The van der Waals surface area contributed by atoms with Crippen LogP contribution in [0.15, 0.2) is 23.3 Å². The van der Waals surface area contributed by atoms with E-state index < -0.39 is 5.66 Å². The van der Waals surface area contributed by atoms with Crippen LogP contribution in [0.1, 0.15) is 61.6 Å². The number of amides is 1. The van der Waals surface area contributed by atoms with Gasteiger partial charge in [-0.2, -0.15) is 0 Å². The van der Waals surface area contributed by atoms with E-state index in [9.17, 15) is 9.59 Å². The van der Waals surface area contributed by atoms with Crippen LogP contribution in [0.3, 0.4) is 0 Å². The third kappa shape index (κ3) is 2.64. The largest absolute Gasteiger partial charge is 0.336 e. The lowest BCUT2D eigenvalue weighted by Gasteiger charge is -2.38. The third-order valence-corrected chi connectivity index (χ3v) is 6.88. The SMILES string of the molecule is CCc1cc(Nc2cc(Cl)c3n(c2=O)C2(CCC4(CC4)CC2)NC3=O)ncn1. The third-order valence-electron chi connectivity index (χ3n) is 6.59. The number of aryl methyl sites for hydroxylation is 1. The molecule has 2 N–H and O–H groups in total. The number of carbonyl (C=O) groups is 1. The fraction of sp³-hybridized carbons (Fsp3) is 0.500. The molecule has 0 atom stereocenters. The zero-order chi connectivity index (χ0) is 19.5. The van der Waals surface area contributed by atoms with E-state index in [0.717, 1.165) is 37.8 Å². The van der Waals surface area contributed by atoms with Gasteiger partial charge in [0.05, 0.1) is 5.02 Å². The summed E-state index contributed by atoms with van der Waals surface area (Å²) in [4.78, 5) is 34.4. The van der Waals surface area contributed by atoms with Crippen molar-refractivity contribution in [2.75, 3.05) is 5.32 Å². The Hall–Kier alpha value is -2.41. The molecule has 1 amide bonds. The van der Waals surface area contributed by atoms with E-state index in [1.807, 2.05) is 13.0 Å². The topological polar surface area (TPSA) is 88.9 Å². The van der Waals surface area contributed by atoms with E-state index in [1.54, 1.807) is 4.57 Å². The summed E-state index contributed by atoms with van der Waals surface area (Å²) in [5.74, 6) is 0.267. The van der Waals surface area contributed by atoms with Crippen LogP contribution in [-0.2, 0) is 12.1 Å². The van der Waals surface area contributed by atoms with Gasteiger partial charge in [0.1, 0.15) is 29.2 Å². The number of nitrogens with zero attached hydrogens (tertiary/aromatic N) is 3. The van der Waals surface area contributed by atoms with Gasteiger partial charge in [-0.3, -0.25) is 14.2 Å².